The van der Waals surface area contributed by atoms with Crippen LogP contribution in [-0.4, -0.2) is 20.2 Å². The number of phenolic OH excluding ortho intramolecular Hbond substituents is 1. The zero-order valence-electron chi connectivity index (χ0n) is 8.87. The van der Waals surface area contributed by atoms with Gasteiger partial charge in [0, 0.05) is 6.20 Å². The topological polar surface area (TPSA) is 72.0 Å². The van der Waals surface area contributed by atoms with Gasteiger partial charge in [-0.1, -0.05) is 11.2 Å². The van der Waals surface area contributed by atoms with E-state index >= 15 is 0 Å². The fourth-order valence-corrected chi connectivity index (χ4v) is 2.02. The third-order valence-corrected chi connectivity index (χ3v) is 3.05. The van der Waals surface area contributed by atoms with Gasteiger partial charge in [-0.3, -0.25) is 4.98 Å². The predicted octanol–water partition coefficient (Wildman–Crippen LogP) is 2.70. The molecule has 90 valence electrons. The van der Waals surface area contributed by atoms with Crippen molar-refractivity contribution < 1.29 is 14.0 Å². The van der Waals surface area contributed by atoms with Crippen LogP contribution in [0.15, 0.2) is 34.4 Å². The average molecular weight is 263 g/mol. The molecule has 7 heteroatoms. The van der Waals surface area contributed by atoms with Crippen LogP contribution in [0.5, 0.6) is 5.75 Å². The molecule has 0 aliphatic carbocycles. The Morgan fingerprint density at radius 3 is 2.94 bits per heavy atom. The number of halogens is 1. The van der Waals surface area contributed by atoms with E-state index in [0.29, 0.717) is 10.7 Å². The molecule has 1 aromatic carbocycles. The van der Waals surface area contributed by atoms with E-state index in [1.54, 1.807) is 11.7 Å². The first-order valence-corrected chi connectivity index (χ1v) is 5.84. The molecule has 0 unspecified atom stereocenters. The number of aromatic hydroxyl groups is 1. The standard InChI is InChI=1S/C11H6FN3O2S/c12-6-2-1-3-7(16)9(6)11-14-10(15-17-11)8-4-13-5-18-8/h1-5,16H. The second kappa shape index (κ2) is 4.19. The maximum absolute atomic E-state index is 13.6. The van der Waals surface area contributed by atoms with Gasteiger partial charge in [-0.2, -0.15) is 4.98 Å². The average Bonchev–Trinajstić information content (AvgIpc) is 2.99. The van der Waals surface area contributed by atoms with Crippen LogP contribution < -0.4 is 0 Å². The van der Waals surface area contributed by atoms with Crippen LogP contribution in [0.4, 0.5) is 4.39 Å². The zero-order valence-corrected chi connectivity index (χ0v) is 9.69. The summed E-state index contributed by atoms with van der Waals surface area (Å²) in [5, 5.41) is 13.3. The molecule has 2 aromatic heterocycles. The Bertz CT molecular complexity index is 661. The van der Waals surface area contributed by atoms with Crippen molar-refractivity contribution in [1.82, 2.24) is 15.1 Å². The smallest absolute Gasteiger partial charge is 0.265 e. The Morgan fingerprint density at radius 1 is 1.33 bits per heavy atom. The van der Waals surface area contributed by atoms with Crippen molar-refractivity contribution in [3.63, 3.8) is 0 Å². The van der Waals surface area contributed by atoms with E-state index in [9.17, 15) is 9.50 Å². The summed E-state index contributed by atoms with van der Waals surface area (Å²) in [5.41, 5.74) is 1.53. The van der Waals surface area contributed by atoms with Gasteiger partial charge in [0.25, 0.3) is 5.89 Å². The van der Waals surface area contributed by atoms with E-state index in [0.717, 1.165) is 0 Å². The summed E-state index contributed by atoms with van der Waals surface area (Å²) in [6, 6.07) is 3.97. The highest BCUT2D eigenvalue weighted by Gasteiger charge is 2.18. The van der Waals surface area contributed by atoms with Gasteiger partial charge in [0.1, 0.15) is 17.1 Å². The predicted molar refractivity (Wildman–Crippen MR) is 62.5 cm³/mol. The highest BCUT2D eigenvalue weighted by molar-refractivity contribution is 7.13. The van der Waals surface area contributed by atoms with Gasteiger partial charge in [0.2, 0.25) is 5.82 Å². The number of aromatic nitrogens is 3. The second-order valence-electron chi connectivity index (χ2n) is 3.42. The minimum absolute atomic E-state index is 0.0611. The first-order valence-electron chi connectivity index (χ1n) is 4.96. The maximum Gasteiger partial charge on any atom is 0.265 e. The van der Waals surface area contributed by atoms with Gasteiger partial charge in [-0.25, -0.2) is 4.39 Å². The normalized spacial score (nSPS) is 10.7. The molecule has 0 atom stereocenters. The first kappa shape index (κ1) is 10.8. The van der Waals surface area contributed by atoms with Gasteiger partial charge in [0.05, 0.1) is 10.4 Å². The van der Waals surface area contributed by atoms with Crippen LogP contribution in [0, 0.1) is 5.82 Å². The minimum atomic E-state index is -0.616. The van der Waals surface area contributed by atoms with Crippen LogP contribution >= 0.6 is 11.3 Å². The second-order valence-corrected chi connectivity index (χ2v) is 4.31. The van der Waals surface area contributed by atoms with Crippen LogP contribution in [0.2, 0.25) is 0 Å². The van der Waals surface area contributed by atoms with Crippen molar-refractivity contribution >= 4 is 11.3 Å². The van der Waals surface area contributed by atoms with Gasteiger partial charge in [0.15, 0.2) is 0 Å². The van der Waals surface area contributed by atoms with Crippen LogP contribution in [0.1, 0.15) is 0 Å². The summed E-state index contributed by atoms with van der Waals surface area (Å²) in [7, 11) is 0. The van der Waals surface area contributed by atoms with Crippen molar-refractivity contribution in [2.24, 2.45) is 0 Å². The molecule has 5 nitrogen and oxygen atoms in total. The van der Waals surface area contributed by atoms with Gasteiger partial charge in [-0.05, 0) is 12.1 Å². The molecule has 0 radical (unpaired) electrons. The highest BCUT2D eigenvalue weighted by Crippen LogP contribution is 2.32. The SMILES string of the molecule is Oc1cccc(F)c1-c1nc(-c2cncs2)no1. The molecular weight excluding hydrogens is 257 g/mol. The fourth-order valence-electron chi connectivity index (χ4n) is 1.48. The summed E-state index contributed by atoms with van der Waals surface area (Å²) in [6.45, 7) is 0. The summed E-state index contributed by atoms with van der Waals surface area (Å²) < 4.78 is 18.5. The van der Waals surface area contributed by atoms with E-state index in [4.69, 9.17) is 4.52 Å². The van der Waals surface area contributed by atoms with Crippen molar-refractivity contribution in [1.29, 1.82) is 0 Å². The molecule has 0 saturated heterocycles. The Kier molecular flexibility index (Phi) is 2.52. The van der Waals surface area contributed by atoms with Crippen molar-refractivity contribution in [3.8, 4) is 27.9 Å². The van der Waals surface area contributed by atoms with Crippen molar-refractivity contribution in [2.45, 2.75) is 0 Å². The zero-order chi connectivity index (χ0) is 12.5. The number of rotatable bonds is 2. The molecule has 3 aromatic rings. The van der Waals surface area contributed by atoms with Crippen LogP contribution in [0.25, 0.3) is 22.2 Å². The van der Waals surface area contributed by atoms with Crippen molar-refractivity contribution in [2.75, 3.05) is 0 Å². The largest absolute Gasteiger partial charge is 0.507 e. The molecular formula is C11H6FN3O2S. The molecule has 0 fully saturated rings. The van der Waals surface area contributed by atoms with Crippen LogP contribution in [0.3, 0.4) is 0 Å². The number of thiazole rings is 1. The third kappa shape index (κ3) is 1.74. The quantitative estimate of drug-likeness (QED) is 0.769. The minimum Gasteiger partial charge on any atom is -0.507 e. The number of benzene rings is 1. The molecule has 18 heavy (non-hydrogen) atoms. The molecule has 3 rings (SSSR count). The molecule has 0 aliphatic rings. The van der Waals surface area contributed by atoms with Gasteiger partial charge in [-0.15, -0.1) is 11.3 Å². The van der Waals surface area contributed by atoms with E-state index in [1.807, 2.05) is 0 Å². The number of nitrogens with zero attached hydrogens (tertiary/aromatic N) is 3. The summed E-state index contributed by atoms with van der Waals surface area (Å²) in [4.78, 5) is 8.64. The molecule has 0 amide bonds. The summed E-state index contributed by atoms with van der Waals surface area (Å²) in [5.74, 6) is -0.604. The molecule has 0 saturated carbocycles. The number of phenols is 1. The molecule has 1 N–H and O–H groups in total. The third-order valence-electron chi connectivity index (χ3n) is 2.28. The summed E-state index contributed by atoms with van der Waals surface area (Å²) in [6.07, 6.45) is 1.58. The van der Waals surface area contributed by atoms with E-state index in [1.165, 1.54) is 29.5 Å². The van der Waals surface area contributed by atoms with Crippen LogP contribution in [-0.2, 0) is 0 Å². The summed E-state index contributed by atoms with van der Waals surface area (Å²) >= 11 is 1.34. The van der Waals surface area contributed by atoms with Gasteiger partial charge >= 0.3 is 0 Å². The van der Waals surface area contributed by atoms with E-state index in [-0.39, 0.29) is 17.2 Å². The Labute approximate surface area is 105 Å². The Balaban J connectivity index is 2.09. The molecule has 2 heterocycles. The number of hydrogen-bond donors (Lipinski definition) is 1. The lowest BCUT2D eigenvalue weighted by molar-refractivity contribution is 0.421. The first-order chi connectivity index (χ1) is 8.75. The van der Waals surface area contributed by atoms with Gasteiger partial charge < -0.3 is 9.63 Å². The molecule has 0 aliphatic heterocycles. The lowest BCUT2D eigenvalue weighted by Gasteiger charge is -1.99. The highest BCUT2D eigenvalue weighted by atomic mass is 32.1. The van der Waals surface area contributed by atoms with E-state index < -0.39 is 5.82 Å². The Morgan fingerprint density at radius 2 is 2.22 bits per heavy atom. The maximum atomic E-state index is 13.6. The lowest BCUT2D eigenvalue weighted by atomic mass is 10.2. The molecule has 0 bridgehead atoms. The van der Waals surface area contributed by atoms with Crippen molar-refractivity contribution in [3.05, 3.63) is 35.7 Å². The fraction of sp³-hybridized carbons (Fsp3) is 0. The molecule has 0 spiro atoms. The Hall–Kier alpha value is -2.28. The van der Waals surface area contributed by atoms with E-state index in [2.05, 4.69) is 15.1 Å². The lowest BCUT2D eigenvalue weighted by Crippen LogP contribution is -1.85. The monoisotopic (exact) mass is 263 g/mol. The number of hydrogen-bond acceptors (Lipinski definition) is 6.